The van der Waals surface area contributed by atoms with Crippen molar-refractivity contribution in [2.45, 2.75) is 71.4 Å². The van der Waals surface area contributed by atoms with Gasteiger partial charge >= 0.3 is 0 Å². The lowest BCUT2D eigenvalue weighted by molar-refractivity contribution is -0.0324. The summed E-state index contributed by atoms with van der Waals surface area (Å²) in [5, 5.41) is 10.8. The fourth-order valence-electron chi connectivity index (χ4n) is 1.10. The van der Waals surface area contributed by atoms with Crippen molar-refractivity contribution in [3.05, 3.63) is 0 Å². The van der Waals surface area contributed by atoms with Gasteiger partial charge in [0, 0.05) is 6.42 Å². The Kier molecular flexibility index (Phi) is 20.3. The lowest BCUT2D eigenvalue weighted by Crippen LogP contribution is -2.39. The minimum absolute atomic E-state index is 0. The molecule has 0 aromatic heterocycles. The maximum atomic E-state index is 10.8. The van der Waals surface area contributed by atoms with E-state index in [-0.39, 0.29) is 12.4 Å². The molecule has 0 saturated carbocycles. The molecule has 0 aromatic carbocycles. The maximum absolute atomic E-state index is 10.8. The molecule has 1 atom stereocenters. The van der Waals surface area contributed by atoms with Gasteiger partial charge in [-0.15, -0.1) is 12.4 Å². The molecule has 16 heavy (non-hydrogen) atoms. The Bertz CT molecular complexity index is 118. The Labute approximate surface area is 107 Å². The molecule has 0 aromatic rings. The standard InChI is InChI=1S/C7H16.C5H13N2O.ClH/c1-3-5-7-6-4-2;1-2-5(7,8)3-4-6;/h3-7H2,1-2H3;2-4,6-7H2,1H3;1H. The third kappa shape index (κ3) is 19.7. The first-order valence-electron chi connectivity index (χ1n) is 6.23. The van der Waals surface area contributed by atoms with Gasteiger partial charge in [0.25, 0.3) is 0 Å². The van der Waals surface area contributed by atoms with E-state index < -0.39 is 5.72 Å². The zero-order valence-electron chi connectivity index (χ0n) is 11.1. The predicted molar refractivity (Wildman–Crippen MR) is 73.2 cm³/mol. The molecule has 0 aliphatic carbocycles. The van der Waals surface area contributed by atoms with Gasteiger partial charge in [0.15, 0.2) is 5.72 Å². The van der Waals surface area contributed by atoms with Crippen LogP contribution in [0, 0.1) is 0 Å². The summed E-state index contributed by atoms with van der Waals surface area (Å²) >= 11 is 0. The lowest BCUT2D eigenvalue weighted by atomic mass is 10.1. The van der Waals surface area contributed by atoms with Gasteiger partial charge in [-0.3, -0.25) is 0 Å². The molecule has 101 valence electrons. The van der Waals surface area contributed by atoms with E-state index in [1.165, 1.54) is 32.1 Å². The lowest BCUT2D eigenvalue weighted by Gasteiger charge is -2.15. The van der Waals surface area contributed by atoms with Gasteiger partial charge in [-0.2, -0.15) is 0 Å². The minimum Gasteiger partial charge on any atom is -0.330 e. The highest BCUT2D eigenvalue weighted by Gasteiger charge is 2.18. The van der Waals surface area contributed by atoms with Crippen LogP contribution in [-0.2, 0) is 5.11 Å². The summed E-state index contributed by atoms with van der Waals surface area (Å²) in [5.41, 5.74) is 9.02. The monoisotopic (exact) mass is 253 g/mol. The Morgan fingerprint density at radius 1 is 1.00 bits per heavy atom. The molecule has 0 aliphatic rings. The van der Waals surface area contributed by atoms with Crippen LogP contribution in [0.1, 0.15) is 65.7 Å². The largest absolute Gasteiger partial charge is 0.330 e. The van der Waals surface area contributed by atoms with Crippen molar-refractivity contribution >= 4 is 12.4 Å². The smallest absolute Gasteiger partial charge is 0.152 e. The van der Waals surface area contributed by atoms with Crippen molar-refractivity contribution in [1.29, 1.82) is 0 Å². The summed E-state index contributed by atoms with van der Waals surface area (Å²) in [6.07, 6.45) is 7.82. The molecule has 0 bridgehead atoms. The van der Waals surface area contributed by atoms with Crippen LogP contribution >= 0.6 is 12.4 Å². The quantitative estimate of drug-likeness (QED) is 0.540. The zero-order chi connectivity index (χ0) is 12.2. The van der Waals surface area contributed by atoms with Crippen LogP contribution in [0.25, 0.3) is 0 Å². The van der Waals surface area contributed by atoms with Crippen LogP contribution in [0.4, 0.5) is 0 Å². The Morgan fingerprint density at radius 3 is 1.62 bits per heavy atom. The van der Waals surface area contributed by atoms with Crippen molar-refractivity contribution < 1.29 is 5.11 Å². The van der Waals surface area contributed by atoms with E-state index in [4.69, 9.17) is 11.5 Å². The molecule has 0 fully saturated rings. The fourth-order valence-corrected chi connectivity index (χ4v) is 1.10. The summed E-state index contributed by atoms with van der Waals surface area (Å²) in [7, 11) is 0. The van der Waals surface area contributed by atoms with E-state index in [1.807, 2.05) is 0 Å². The average Bonchev–Trinajstić information content (AvgIpc) is 2.20. The molecule has 0 saturated heterocycles. The number of rotatable bonds is 7. The molecule has 0 spiro atoms. The van der Waals surface area contributed by atoms with E-state index in [0.717, 1.165) is 0 Å². The third-order valence-electron chi connectivity index (χ3n) is 2.37. The van der Waals surface area contributed by atoms with Crippen LogP contribution in [0.15, 0.2) is 0 Å². The van der Waals surface area contributed by atoms with Gasteiger partial charge in [-0.05, 0) is 13.0 Å². The van der Waals surface area contributed by atoms with Crippen molar-refractivity contribution in [3.8, 4) is 0 Å². The first kappa shape index (κ1) is 21.5. The van der Waals surface area contributed by atoms with Crippen molar-refractivity contribution in [1.82, 2.24) is 0 Å². The summed E-state index contributed by atoms with van der Waals surface area (Å²) in [4.78, 5) is 0. The van der Waals surface area contributed by atoms with E-state index in [9.17, 15) is 5.11 Å². The van der Waals surface area contributed by atoms with Gasteiger partial charge in [0.2, 0.25) is 0 Å². The number of nitrogens with two attached hydrogens (primary N) is 2. The zero-order valence-corrected chi connectivity index (χ0v) is 11.9. The summed E-state index contributed by atoms with van der Waals surface area (Å²) in [6.45, 7) is 6.64. The Hall–Kier alpha value is 0.170. The number of hydrogen-bond donors (Lipinski definition) is 2. The summed E-state index contributed by atoms with van der Waals surface area (Å²) in [6, 6.07) is 0. The maximum Gasteiger partial charge on any atom is 0.152 e. The first-order chi connectivity index (χ1) is 7.04. The van der Waals surface area contributed by atoms with Crippen LogP contribution < -0.4 is 11.5 Å². The summed E-state index contributed by atoms with van der Waals surface area (Å²) in [5.74, 6) is 0. The second-order valence-electron chi connectivity index (χ2n) is 4.02. The molecular formula is C12H30ClN2O. The second kappa shape index (κ2) is 15.2. The van der Waals surface area contributed by atoms with Crippen molar-refractivity contribution in [2.75, 3.05) is 6.54 Å². The van der Waals surface area contributed by atoms with Crippen LogP contribution in [0.2, 0.25) is 0 Å². The molecule has 0 amide bonds. The topological polar surface area (TPSA) is 71.9 Å². The Morgan fingerprint density at radius 2 is 1.44 bits per heavy atom. The van der Waals surface area contributed by atoms with Crippen LogP contribution in [0.5, 0.6) is 0 Å². The number of hydrogen-bond acceptors (Lipinski definition) is 2. The highest BCUT2D eigenvalue weighted by Crippen LogP contribution is 2.05. The number of unbranched alkanes of at least 4 members (excludes halogenated alkanes) is 4. The van der Waals surface area contributed by atoms with Gasteiger partial charge in [-0.1, -0.05) is 52.9 Å². The van der Waals surface area contributed by atoms with E-state index >= 15 is 0 Å². The summed E-state index contributed by atoms with van der Waals surface area (Å²) < 4.78 is 0. The van der Waals surface area contributed by atoms with Crippen LogP contribution in [-0.4, -0.2) is 12.3 Å². The SMILES string of the molecule is CCC(N)([O])CCN.CCCCCCC.Cl. The second-order valence-corrected chi connectivity index (χ2v) is 4.02. The molecular weight excluding hydrogens is 224 g/mol. The van der Waals surface area contributed by atoms with E-state index in [2.05, 4.69) is 13.8 Å². The molecule has 3 nitrogen and oxygen atoms in total. The molecule has 0 rings (SSSR count). The van der Waals surface area contributed by atoms with Crippen molar-refractivity contribution in [3.63, 3.8) is 0 Å². The molecule has 4 N–H and O–H groups in total. The number of halogens is 1. The first-order valence-corrected chi connectivity index (χ1v) is 6.23. The molecule has 1 radical (unpaired) electrons. The van der Waals surface area contributed by atoms with Crippen LogP contribution in [0.3, 0.4) is 0 Å². The predicted octanol–water partition coefficient (Wildman–Crippen LogP) is 3.23. The molecule has 4 heteroatoms. The highest BCUT2D eigenvalue weighted by molar-refractivity contribution is 5.85. The van der Waals surface area contributed by atoms with Crippen molar-refractivity contribution in [2.24, 2.45) is 11.5 Å². The third-order valence-corrected chi connectivity index (χ3v) is 2.37. The van der Waals surface area contributed by atoms with Gasteiger partial charge in [0.1, 0.15) is 0 Å². The average molecular weight is 254 g/mol. The Balaban J connectivity index is -0.000000200. The highest BCUT2D eigenvalue weighted by atomic mass is 35.5. The van der Waals surface area contributed by atoms with Gasteiger partial charge in [0.05, 0.1) is 0 Å². The minimum atomic E-state index is -1.28. The van der Waals surface area contributed by atoms with Gasteiger partial charge in [-0.25, -0.2) is 5.11 Å². The van der Waals surface area contributed by atoms with E-state index in [0.29, 0.717) is 19.4 Å². The molecule has 1 unspecified atom stereocenters. The fraction of sp³-hybridized carbons (Fsp3) is 1.00. The normalized spacial score (nSPS) is 13.1. The molecule has 0 aliphatic heterocycles. The molecule has 0 heterocycles. The van der Waals surface area contributed by atoms with Gasteiger partial charge < -0.3 is 11.5 Å². The van der Waals surface area contributed by atoms with E-state index in [1.54, 1.807) is 6.92 Å².